The highest BCUT2D eigenvalue weighted by atomic mass is 32.1. The molecule has 156 valence electrons. The zero-order valence-corrected chi connectivity index (χ0v) is 17.7. The van der Waals surface area contributed by atoms with Crippen LogP contribution in [0.2, 0.25) is 0 Å². The SMILES string of the molecule is COc1cccc(C(=O)NC(=S)Nc2cccc(-c3nc4cc(OC)ccc4o3)c2)c1. The molecule has 0 aliphatic rings. The normalized spacial score (nSPS) is 10.5. The Hall–Kier alpha value is -3.91. The van der Waals surface area contributed by atoms with Gasteiger partial charge in [0.25, 0.3) is 5.91 Å². The lowest BCUT2D eigenvalue weighted by Crippen LogP contribution is -2.34. The van der Waals surface area contributed by atoms with Crippen LogP contribution in [0.15, 0.2) is 71.1 Å². The van der Waals surface area contributed by atoms with Gasteiger partial charge in [-0.15, -0.1) is 0 Å². The number of hydrogen-bond acceptors (Lipinski definition) is 6. The van der Waals surface area contributed by atoms with Gasteiger partial charge in [-0.2, -0.15) is 0 Å². The molecule has 0 fully saturated rings. The lowest BCUT2D eigenvalue weighted by molar-refractivity contribution is 0.0977. The Morgan fingerprint density at radius 3 is 2.55 bits per heavy atom. The van der Waals surface area contributed by atoms with Gasteiger partial charge in [0, 0.05) is 22.9 Å². The maximum absolute atomic E-state index is 12.4. The summed E-state index contributed by atoms with van der Waals surface area (Å²) < 4.78 is 16.2. The predicted octanol–water partition coefficient (Wildman–Crippen LogP) is 4.64. The van der Waals surface area contributed by atoms with E-state index in [1.165, 1.54) is 0 Å². The summed E-state index contributed by atoms with van der Waals surface area (Å²) in [5.41, 5.74) is 3.26. The van der Waals surface area contributed by atoms with Crippen molar-refractivity contribution in [3.8, 4) is 23.0 Å². The summed E-state index contributed by atoms with van der Waals surface area (Å²) in [4.78, 5) is 17.0. The van der Waals surface area contributed by atoms with E-state index in [2.05, 4.69) is 15.6 Å². The van der Waals surface area contributed by atoms with Crippen LogP contribution in [0.5, 0.6) is 11.5 Å². The number of ether oxygens (including phenoxy) is 2. The number of hydrogen-bond donors (Lipinski definition) is 2. The van der Waals surface area contributed by atoms with Crippen molar-refractivity contribution >= 4 is 40.0 Å². The molecule has 1 amide bonds. The van der Waals surface area contributed by atoms with Crippen LogP contribution in [0.1, 0.15) is 10.4 Å². The molecule has 1 heterocycles. The summed E-state index contributed by atoms with van der Waals surface area (Å²) >= 11 is 5.29. The smallest absolute Gasteiger partial charge is 0.257 e. The van der Waals surface area contributed by atoms with Gasteiger partial charge < -0.3 is 19.2 Å². The molecular formula is C23H19N3O4S. The number of fused-ring (bicyclic) bond motifs is 1. The Labute approximate surface area is 184 Å². The number of aromatic nitrogens is 1. The van der Waals surface area contributed by atoms with E-state index in [-0.39, 0.29) is 11.0 Å². The fourth-order valence-electron chi connectivity index (χ4n) is 2.99. The van der Waals surface area contributed by atoms with Gasteiger partial charge in [-0.05, 0) is 60.7 Å². The van der Waals surface area contributed by atoms with Gasteiger partial charge in [-0.1, -0.05) is 12.1 Å². The molecule has 0 aliphatic carbocycles. The van der Waals surface area contributed by atoms with Gasteiger partial charge in [-0.3, -0.25) is 10.1 Å². The first-order chi connectivity index (χ1) is 15.1. The highest BCUT2D eigenvalue weighted by Gasteiger charge is 2.12. The quantitative estimate of drug-likeness (QED) is 0.444. The average Bonchev–Trinajstić information content (AvgIpc) is 3.22. The van der Waals surface area contributed by atoms with Gasteiger partial charge in [0.1, 0.15) is 17.0 Å². The standard InChI is InChI=1S/C23H19N3O4S/c1-28-17-8-4-5-14(12-17)21(27)26-23(31)24-16-7-3-6-15(11-16)22-25-19-13-18(29-2)9-10-20(19)30-22/h3-13H,1-2H3,(H2,24,26,27,31). The first-order valence-electron chi connectivity index (χ1n) is 9.37. The molecule has 0 saturated carbocycles. The van der Waals surface area contributed by atoms with E-state index >= 15 is 0 Å². The highest BCUT2D eigenvalue weighted by Crippen LogP contribution is 2.28. The number of carbonyl (C=O) groups excluding carboxylic acids is 1. The molecule has 0 unspecified atom stereocenters. The molecule has 0 atom stereocenters. The Kier molecular flexibility index (Phi) is 5.81. The van der Waals surface area contributed by atoms with E-state index in [9.17, 15) is 4.79 Å². The topological polar surface area (TPSA) is 85.6 Å². The minimum absolute atomic E-state index is 0.173. The zero-order chi connectivity index (χ0) is 21.8. The minimum Gasteiger partial charge on any atom is -0.497 e. The molecule has 0 radical (unpaired) electrons. The lowest BCUT2D eigenvalue weighted by Gasteiger charge is -2.10. The van der Waals surface area contributed by atoms with Crippen molar-refractivity contribution in [3.63, 3.8) is 0 Å². The Morgan fingerprint density at radius 2 is 1.74 bits per heavy atom. The third kappa shape index (κ3) is 4.65. The van der Waals surface area contributed by atoms with E-state index in [4.69, 9.17) is 26.1 Å². The fraction of sp³-hybridized carbons (Fsp3) is 0.0870. The number of anilines is 1. The van der Waals surface area contributed by atoms with Crippen molar-refractivity contribution in [2.24, 2.45) is 0 Å². The van der Waals surface area contributed by atoms with Crippen molar-refractivity contribution < 1.29 is 18.7 Å². The number of methoxy groups -OCH3 is 2. The summed E-state index contributed by atoms with van der Waals surface area (Å²) in [5.74, 6) is 1.44. The van der Waals surface area contributed by atoms with Crippen molar-refractivity contribution in [2.45, 2.75) is 0 Å². The Bertz CT molecular complexity index is 1270. The second-order valence-electron chi connectivity index (χ2n) is 6.57. The van der Waals surface area contributed by atoms with Crippen LogP contribution >= 0.6 is 12.2 Å². The van der Waals surface area contributed by atoms with Crippen LogP contribution in [-0.4, -0.2) is 30.2 Å². The molecule has 31 heavy (non-hydrogen) atoms. The number of nitrogens with zero attached hydrogens (tertiary/aromatic N) is 1. The molecule has 8 heteroatoms. The summed E-state index contributed by atoms with van der Waals surface area (Å²) in [6.07, 6.45) is 0. The number of benzene rings is 3. The van der Waals surface area contributed by atoms with Crippen LogP contribution in [-0.2, 0) is 0 Å². The van der Waals surface area contributed by atoms with Crippen molar-refractivity contribution in [1.82, 2.24) is 10.3 Å². The monoisotopic (exact) mass is 433 g/mol. The zero-order valence-electron chi connectivity index (χ0n) is 16.8. The molecule has 0 bridgehead atoms. The summed E-state index contributed by atoms with van der Waals surface area (Å²) in [6, 6.07) is 19.7. The molecule has 1 aromatic heterocycles. The van der Waals surface area contributed by atoms with Crippen LogP contribution in [0.3, 0.4) is 0 Å². The molecule has 3 aromatic carbocycles. The first-order valence-corrected chi connectivity index (χ1v) is 9.78. The van der Waals surface area contributed by atoms with E-state index in [1.807, 2.05) is 42.5 Å². The third-order valence-corrected chi connectivity index (χ3v) is 4.73. The van der Waals surface area contributed by atoms with Crippen LogP contribution < -0.4 is 20.1 Å². The largest absolute Gasteiger partial charge is 0.497 e. The minimum atomic E-state index is -0.333. The molecule has 4 rings (SSSR count). The van der Waals surface area contributed by atoms with E-state index < -0.39 is 0 Å². The number of amides is 1. The Morgan fingerprint density at radius 1 is 0.968 bits per heavy atom. The van der Waals surface area contributed by atoms with Crippen LogP contribution in [0.4, 0.5) is 5.69 Å². The van der Waals surface area contributed by atoms with E-state index in [0.717, 1.165) is 5.56 Å². The number of rotatable bonds is 5. The lowest BCUT2D eigenvalue weighted by atomic mass is 10.2. The summed E-state index contributed by atoms with van der Waals surface area (Å²) in [6.45, 7) is 0. The maximum Gasteiger partial charge on any atom is 0.257 e. The average molecular weight is 433 g/mol. The van der Waals surface area contributed by atoms with Gasteiger partial charge in [-0.25, -0.2) is 4.98 Å². The Balaban J connectivity index is 1.48. The number of thiocarbonyl (C=S) groups is 1. The molecular weight excluding hydrogens is 414 g/mol. The van der Waals surface area contributed by atoms with Crippen LogP contribution in [0, 0.1) is 0 Å². The second-order valence-corrected chi connectivity index (χ2v) is 6.98. The number of nitrogens with one attached hydrogen (secondary N) is 2. The fourth-order valence-corrected chi connectivity index (χ4v) is 3.20. The van der Waals surface area contributed by atoms with Crippen molar-refractivity contribution in [3.05, 3.63) is 72.3 Å². The van der Waals surface area contributed by atoms with Crippen molar-refractivity contribution in [2.75, 3.05) is 19.5 Å². The second kappa shape index (κ2) is 8.85. The highest BCUT2D eigenvalue weighted by molar-refractivity contribution is 7.80. The van der Waals surface area contributed by atoms with Gasteiger partial charge >= 0.3 is 0 Å². The van der Waals surface area contributed by atoms with Gasteiger partial charge in [0.2, 0.25) is 5.89 Å². The van der Waals surface area contributed by atoms with E-state index in [1.54, 1.807) is 38.5 Å². The third-order valence-electron chi connectivity index (χ3n) is 4.52. The number of carbonyl (C=O) groups is 1. The van der Waals surface area contributed by atoms with E-state index in [0.29, 0.717) is 39.7 Å². The molecule has 2 N–H and O–H groups in total. The van der Waals surface area contributed by atoms with Crippen LogP contribution in [0.25, 0.3) is 22.6 Å². The molecule has 0 spiro atoms. The van der Waals surface area contributed by atoms with Gasteiger partial charge in [0.15, 0.2) is 10.7 Å². The first kappa shape index (κ1) is 20.4. The molecule has 7 nitrogen and oxygen atoms in total. The maximum atomic E-state index is 12.4. The predicted molar refractivity (Wildman–Crippen MR) is 123 cm³/mol. The summed E-state index contributed by atoms with van der Waals surface area (Å²) in [7, 11) is 3.15. The molecule has 4 aromatic rings. The molecule has 0 saturated heterocycles. The summed E-state index contributed by atoms with van der Waals surface area (Å²) in [5, 5.41) is 5.85. The van der Waals surface area contributed by atoms with Crippen molar-refractivity contribution in [1.29, 1.82) is 0 Å². The number of oxazole rings is 1. The van der Waals surface area contributed by atoms with Gasteiger partial charge in [0.05, 0.1) is 14.2 Å². The molecule has 0 aliphatic heterocycles.